The fourth-order valence-electron chi connectivity index (χ4n) is 3.71. The van der Waals surface area contributed by atoms with Crippen LogP contribution in [0.5, 0.6) is 0 Å². The van der Waals surface area contributed by atoms with Crippen LogP contribution in [0.4, 0.5) is 5.69 Å². The lowest BCUT2D eigenvalue weighted by Crippen LogP contribution is -2.42. The van der Waals surface area contributed by atoms with E-state index in [-0.39, 0.29) is 5.56 Å². The zero-order valence-electron chi connectivity index (χ0n) is 14.3. The minimum absolute atomic E-state index is 0.265. The lowest BCUT2D eigenvalue weighted by atomic mass is 9.98. The van der Waals surface area contributed by atoms with Gasteiger partial charge in [0.25, 0.3) is 5.56 Å². The van der Waals surface area contributed by atoms with E-state index in [1.54, 1.807) is 18.7 Å². The molecule has 0 aliphatic carbocycles. The number of para-hydroxylation sites is 1. The molecule has 0 spiro atoms. The highest BCUT2D eigenvalue weighted by molar-refractivity contribution is 5.84. The van der Waals surface area contributed by atoms with Crippen molar-refractivity contribution in [1.82, 2.24) is 9.36 Å². The summed E-state index contributed by atoms with van der Waals surface area (Å²) in [7, 11) is 1.79. The van der Waals surface area contributed by atoms with Gasteiger partial charge in [0.2, 0.25) is 10.9 Å². The Morgan fingerprint density at radius 1 is 0.880 bits per heavy atom. The van der Waals surface area contributed by atoms with Gasteiger partial charge < -0.3 is 4.90 Å². The van der Waals surface area contributed by atoms with E-state index in [1.807, 2.05) is 35.2 Å². The minimum Gasteiger partial charge on any atom is -0.368 e. The quantitative estimate of drug-likeness (QED) is 0.677. The van der Waals surface area contributed by atoms with Gasteiger partial charge in [-0.05, 0) is 31.9 Å². The summed E-state index contributed by atoms with van der Waals surface area (Å²) in [5, 5.41) is 0. The van der Waals surface area contributed by atoms with Crippen LogP contribution in [0.2, 0.25) is 0 Å². The number of nitrogens with zero attached hydrogens (tertiary/aromatic N) is 3. The Balaban J connectivity index is 1.95. The highest BCUT2D eigenvalue weighted by Crippen LogP contribution is 2.29. The van der Waals surface area contributed by atoms with Gasteiger partial charge in [0.15, 0.2) is 0 Å². The molecular weight excluding hydrogens is 318 g/mol. The zero-order valence-corrected chi connectivity index (χ0v) is 14.3. The highest BCUT2D eigenvalue weighted by Gasteiger charge is 2.32. The molecule has 0 atom stereocenters. The predicted octanol–water partition coefficient (Wildman–Crippen LogP) is 1.35. The first-order valence-corrected chi connectivity index (χ1v) is 8.45. The Kier molecular flexibility index (Phi) is 3.49. The van der Waals surface area contributed by atoms with Gasteiger partial charge in [-0.25, -0.2) is 4.68 Å². The maximum atomic E-state index is 13.1. The molecule has 6 nitrogen and oxygen atoms in total. The molecule has 2 heterocycles. The summed E-state index contributed by atoms with van der Waals surface area (Å²) in [6.07, 6.45) is 2.00. The summed E-state index contributed by atoms with van der Waals surface area (Å²) >= 11 is 0. The Labute approximate surface area is 144 Å². The van der Waals surface area contributed by atoms with Crippen LogP contribution in [0.1, 0.15) is 18.5 Å². The van der Waals surface area contributed by atoms with Crippen molar-refractivity contribution in [3.63, 3.8) is 0 Å². The molecule has 6 heteroatoms. The lowest BCUT2D eigenvalue weighted by Gasteiger charge is -2.21. The van der Waals surface area contributed by atoms with E-state index in [0.29, 0.717) is 22.5 Å². The molecule has 0 bridgehead atoms. The van der Waals surface area contributed by atoms with Crippen molar-refractivity contribution >= 4 is 5.69 Å². The van der Waals surface area contributed by atoms with Crippen molar-refractivity contribution < 1.29 is 0 Å². The molecule has 1 aliphatic heterocycles. The van der Waals surface area contributed by atoms with Gasteiger partial charge in [-0.2, -0.15) is 0 Å². The molecule has 128 valence electrons. The molecule has 0 amide bonds. The Bertz CT molecular complexity index is 1080. The van der Waals surface area contributed by atoms with E-state index in [9.17, 15) is 14.4 Å². The summed E-state index contributed by atoms with van der Waals surface area (Å²) in [5.41, 5.74) is 1.19. The maximum absolute atomic E-state index is 13.1. The normalized spacial score (nSPS) is 14.6. The summed E-state index contributed by atoms with van der Waals surface area (Å²) in [4.78, 5) is 39.5. The molecule has 1 saturated heterocycles. The van der Waals surface area contributed by atoms with Crippen molar-refractivity contribution in [3.05, 3.63) is 66.8 Å². The van der Waals surface area contributed by atoms with E-state index in [2.05, 4.69) is 0 Å². The van der Waals surface area contributed by atoms with E-state index in [1.165, 1.54) is 4.68 Å². The fourth-order valence-corrected chi connectivity index (χ4v) is 3.71. The number of aromatic nitrogens is 2. The van der Waals surface area contributed by atoms with Crippen LogP contribution in [0.15, 0.2) is 44.7 Å². The van der Waals surface area contributed by atoms with Gasteiger partial charge in [-0.15, -0.1) is 0 Å². The second-order valence-corrected chi connectivity index (χ2v) is 6.51. The molecule has 0 unspecified atom stereocenters. The van der Waals surface area contributed by atoms with Crippen molar-refractivity contribution in [1.29, 1.82) is 0 Å². The summed E-state index contributed by atoms with van der Waals surface area (Å²) in [6, 6.07) is 9.28. The average Bonchev–Trinajstić information content (AvgIpc) is 3.21. The predicted molar refractivity (Wildman–Crippen MR) is 97.5 cm³/mol. The second kappa shape index (κ2) is 5.58. The highest BCUT2D eigenvalue weighted by atomic mass is 16.2. The number of anilines is 1. The van der Waals surface area contributed by atoms with Crippen LogP contribution >= 0.6 is 0 Å². The molecule has 0 saturated carbocycles. The molecule has 25 heavy (non-hydrogen) atoms. The molecule has 0 N–H and O–H groups in total. The van der Waals surface area contributed by atoms with Gasteiger partial charge in [-0.1, -0.05) is 18.2 Å². The number of hydrogen-bond donors (Lipinski definition) is 0. The molecule has 1 aromatic heterocycles. The SMILES string of the molecule is Cc1c(-c2c(N3CCCC3)c(=O)c2=O)c(=O)n(-c2ccccc2)n1C. The molecular formula is C19H19N3O3. The number of rotatable bonds is 3. The van der Waals surface area contributed by atoms with E-state index >= 15 is 0 Å². The van der Waals surface area contributed by atoms with Gasteiger partial charge >= 0.3 is 0 Å². The van der Waals surface area contributed by atoms with Crippen LogP contribution in [0.3, 0.4) is 0 Å². The van der Waals surface area contributed by atoms with Crippen molar-refractivity contribution in [2.24, 2.45) is 7.05 Å². The molecule has 0 radical (unpaired) electrons. The van der Waals surface area contributed by atoms with Crippen molar-refractivity contribution in [2.45, 2.75) is 19.8 Å². The largest absolute Gasteiger partial charge is 0.368 e. The summed E-state index contributed by atoms with van der Waals surface area (Å²) < 4.78 is 3.27. The Morgan fingerprint density at radius 2 is 1.52 bits per heavy atom. The van der Waals surface area contributed by atoms with Crippen LogP contribution in [-0.4, -0.2) is 22.5 Å². The minimum atomic E-state index is -0.548. The molecule has 2 aromatic carbocycles. The van der Waals surface area contributed by atoms with Crippen molar-refractivity contribution in [3.8, 4) is 16.8 Å². The van der Waals surface area contributed by atoms with Crippen LogP contribution in [-0.2, 0) is 7.05 Å². The van der Waals surface area contributed by atoms with Gasteiger partial charge in [0.05, 0.1) is 16.8 Å². The maximum Gasteiger partial charge on any atom is 0.279 e. The smallest absolute Gasteiger partial charge is 0.279 e. The Morgan fingerprint density at radius 3 is 2.16 bits per heavy atom. The zero-order chi connectivity index (χ0) is 17.7. The van der Waals surface area contributed by atoms with Crippen LogP contribution in [0.25, 0.3) is 16.8 Å². The first-order valence-electron chi connectivity index (χ1n) is 8.45. The first-order chi connectivity index (χ1) is 12.0. The standard InChI is InChI=1S/C19H19N3O3/c1-12-14(15-16(18(24)17(15)23)21-10-6-7-11-21)19(25)22(20(12)2)13-8-4-3-5-9-13/h3-5,8-9H,6-7,10-11H2,1-2H3. The van der Waals surface area contributed by atoms with Gasteiger partial charge in [-0.3, -0.25) is 19.1 Å². The molecule has 3 aromatic rings. The second-order valence-electron chi connectivity index (χ2n) is 6.51. The summed E-state index contributed by atoms with van der Waals surface area (Å²) in [5.74, 6) is 0. The summed E-state index contributed by atoms with van der Waals surface area (Å²) in [6.45, 7) is 3.33. The van der Waals surface area contributed by atoms with Gasteiger partial charge in [0.1, 0.15) is 5.69 Å². The molecule has 4 rings (SSSR count). The topological polar surface area (TPSA) is 64.3 Å². The van der Waals surface area contributed by atoms with Crippen LogP contribution < -0.4 is 21.3 Å². The van der Waals surface area contributed by atoms with E-state index in [0.717, 1.165) is 31.6 Å². The van der Waals surface area contributed by atoms with Gasteiger partial charge in [0, 0.05) is 25.8 Å². The van der Waals surface area contributed by atoms with E-state index in [4.69, 9.17) is 0 Å². The average molecular weight is 337 g/mol. The van der Waals surface area contributed by atoms with Crippen molar-refractivity contribution in [2.75, 3.05) is 18.0 Å². The molecule has 1 fully saturated rings. The lowest BCUT2D eigenvalue weighted by molar-refractivity contribution is 0.630. The third-order valence-electron chi connectivity index (χ3n) is 5.11. The Hall–Kier alpha value is -2.89. The monoisotopic (exact) mass is 337 g/mol. The fraction of sp³-hybridized carbons (Fsp3) is 0.316. The molecule has 1 aliphatic rings. The number of hydrogen-bond acceptors (Lipinski definition) is 4. The third-order valence-corrected chi connectivity index (χ3v) is 5.11. The first kappa shape index (κ1) is 15.6. The van der Waals surface area contributed by atoms with E-state index < -0.39 is 10.9 Å². The van der Waals surface area contributed by atoms with Crippen LogP contribution in [0, 0.1) is 6.92 Å². The third kappa shape index (κ3) is 2.13. The number of benzene rings is 1.